The van der Waals surface area contributed by atoms with Crippen LogP contribution in [-0.4, -0.2) is 36.8 Å². The molecule has 8 heteroatoms. The van der Waals surface area contributed by atoms with E-state index in [0.717, 1.165) is 15.7 Å². The molecule has 1 aliphatic rings. The molecule has 3 aromatic rings. The Morgan fingerprint density at radius 3 is 2.57 bits per heavy atom. The van der Waals surface area contributed by atoms with E-state index in [-0.39, 0.29) is 11.8 Å². The lowest BCUT2D eigenvalue weighted by Crippen LogP contribution is -2.24. The highest BCUT2D eigenvalue weighted by Crippen LogP contribution is 2.35. The second-order valence-electron chi connectivity index (χ2n) is 6.44. The largest absolute Gasteiger partial charge is 0.497 e. The zero-order chi connectivity index (χ0) is 19.7. The van der Waals surface area contributed by atoms with Crippen LogP contribution in [0.5, 0.6) is 11.5 Å². The summed E-state index contributed by atoms with van der Waals surface area (Å²) in [7, 11) is 3.16. The molecular formula is C20H18BrN3O4. The van der Waals surface area contributed by atoms with Gasteiger partial charge >= 0.3 is 0 Å². The molecule has 1 atom stereocenters. The first-order valence-electron chi connectivity index (χ1n) is 8.70. The Labute approximate surface area is 170 Å². The average molecular weight is 444 g/mol. The summed E-state index contributed by atoms with van der Waals surface area (Å²) in [6, 6.07) is 13.1. The van der Waals surface area contributed by atoms with Crippen LogP contribution < -0.4 is 14.4 Å². The third-order valence-electron chi connectivity index (χ3n) is 4.65. The van der Waals surface area contributed by atoms with Crippen LogP contribution in [0.1, 0.15) is 18.2 Å². The topological polar surface area (TPSA) is 77.7 Å². The van der Waals surface area contributed by atoms with E-state index < -0.39 is 0 Å². The predicted molar refractivity (Wildman–Crippen MR) is 107 cm³/mol. The van der Waals surface area contributed by atoms with Gasteiger partial charge in [0.25, 0.3) is 0 Å². The standard InChI is InChI=1S/C20H18BrN3O4/c1-26-16-8-15(9-17(10-16)27-2)24-11-13(7-18(24)25)20-22-19(23-28-20)12-4-3-5-14(21)6-12/h3-6,8-10,13H,7,11H2,1-2H3. The maximum absolute atomic E-state index is 12.6. The van der Waals surface area contributed by atoms with Crippen molar-refractivity contribution in [3.8, 4) is 22.9 Å². The third kappa shape index (κ3) is 3.60. The molecule has 0 bridgehead atoms. The van der Waals surface area contributed by atoms with Crippen LogP contribution in [0, 0.1) is 0 Å². The normalized spacial score (nSPS) is 16.5. The number of carbonyl (C=O) groups is 1. The Morgan fingerprint density at radius 2 is 1.89 bits per heavy atom. The van der Waals surface area contributed by atoms with E-state index in [0.29, 0.717) is 36.2 Å². The summed E-state index contributed by atoms with van der Waals surface area (Å²) in [5, 5.41) is 4.07. The molecule has 0 radical (unpaired) electrons. The highest BCUT2D eigenvalue weighted by molar-refractivity contribution is 9.10. The molecule has 1 amide bonds. The first-order chi connectivity index (χ1) is 13.6. The summed E-state index contributed by atoms with van der Waals surface area (Å²) < 4.78 is 17.0. The number of methoxy groups -OCH3 is 2. The van der Waals surface area contributed by atoms with Crippen LogP contribution in [0.2, 0.25) is 0 Å². The minimum atomic E-state index is -0.168. The zero-order valence-corrected chi connectivity index (χ0v) is 17.0. The molecule has 0 spiro atoms. The molecule has 1 aromatic heterocycles. The lowest BCUT2D eigenvalue weighted by molar-refractivity contribution is -0.117. The van der Waals surface area contributed by atoms with Crippen molar-refractivity contribution in [1.82, 2.24) is 10.1 Å². The van der Waals surface area contributed by atoms with Crippen molar-refractivity contribution in [2.75, 3.05) is 25.7 Å². The fraction of sp³-hybridized carbons (Fsp3) is 0.250. The second kappa shape index (κ2) is 7.63. The number of ether oxygens (including phenoxy) is 2. The van der Waals surface area contributed by atoms with Gasteiger partial charge in [-0.25, -0.2) is 0 Å². The number of carbonyl (C=O) groups excluding carboxylic acids is 1. The summed E-state index contributed by atoms with van der Waals surface area (Å²) >= 11 is 3.44. The monoisotopic (exact) mass is 443 g/mol. The Morgan fingerprint density at radius 1 is 1.14 bits per heavy atom. The molecule has 0 N–H and O–H groups in total. The van der Waals surface area contributed by atoms with Gasteiger partial charge in [-0.2, -0.15) is 4.98 Å². The van der Waals surface area contributed by atoms with Crippen LogP contribution in [0.25, 0.3) is 11.4 Å². The summed E-state index contributed by atoms with van der Waals surface area (Å²) in [4.78, 5) is 18.8. The van der Waals surface area contributed by atoms with Crippen LogP contribution >= 0.6 is 15.9 Å². The van der Waals surface area contributed by atoms with Crippen molar-refractivity contribution in [2.45, 2.75) is 12.3 Å². The van der Waals surface area contributed by atoms with E-state index in [2.05, 4.69) is 26.1 Å². The van der Waals surface area contributed by atoms with E-state index in [1.54, 1.807) is 25.2 Å². The van der Waals surface area contributed by atoms with E-state index in [4.69, 9.17) is 14.0 Å². The number of hydrogen-bond donors (Lipinski definition) is 0. The molecule has 0 saturated carbocycles. The molecular weight excluding hydrogens is 426 g/mol. The van der Waals surface area contributed by atoms with Gasteiger partial charge < -0.3 is 18.9 Å². The summed E-state index contributed by atoms with van der Waals surface area (Å²) in [6.07, 6.45) is 0.305. The molecule has 1 fully saturated rings. The van der Waals surface area contributed by atoms with Crippen molar-refractivity contribution in [3.05, 3.63) is 52.8 Å². The molecule has 1 aliphatic heterocycles. The first kappa shape index (κ1) is 18.5. The molecule has 0 aliphatic carbocycles. The fourth-order valence-electron chi connectivity index (χ4n) is 3.22. The molecule has 1 unspecified atom stereocenters. The van der Waals surface area contributed by atoms with Crippen molar-refractivity contribution in [2.24, 2.45) is 0 Å². The van der Waals surface area contributed by atoms with E-state index in [1.165, 1.54) is 0 Å². The Hall–Kier alpha value is -2.87. The van der Waals surface area contributed by atoms with Gasteiger partial charge in [0.2, 0.25) is 17.6 Å². The number of anilines is 1. The lowest BCUT2D eigenvalue weighted by atomic mass is 10.1. The molecule has 28 heavy (non-hydrogen) atoms. The number of benzene rings is 2. The van der Waals surface area contributed by atoms with Crippen LogP contribution in [0.4, 0.5) is 5.69 Å². The maximum atomic E-state index is 12.6. The number of hydrogen-bond acceptors (Lipinski definition) is 6. The Bertz CT molecular complexity index is 998. The molecule has 7 nitrogen and oxygen atoms in total. The van der Waals surface area contributed by atoms with Gasteiger partial charge in [0, 0.05) is 41.2 Å². The quantitative estimate of drug-likeness (QED) is 0.591. The summed E-state index contributed by atoms with van der Waals surface area (Å²) in [6.45, 7) is 0.454. The van der Waals surface area contributed by atoms with E-state index in [1.807, 2.05) is 36.4 Å². The van der Waals surface area contributed by atoms with Crippen LogP contribution in [0.15, 0.2) is 51.5 Å². The first-order valence-corrected chi connectivity index (χ1v) is 9.49. The van der Waals surface area contributed by atoms with Gasteiger partial charge in [-0.05, 0) is 12.1 Å². The Balaban J connectivity index is 1.57. The lowest BCUT2D eigenvalue weighted by Gasteiger charge is -2.18. The van der Waals surface area contributed by atoms with Crippen molar-refractivity contribution >= 4 is 27.5 Å². The van der Waals surface area contributed by atoms with Crippen LogP contribution in [-0.2, 0) is 4.79 Å². The van der Waals surface area contributed by atoms with Gasteiger partial charge in [-0.1, -0.05) is 33.2 Å². The molecule has 144 valence electrons. The van der Waals surface area contributed by atoms with Gasteiger partial charge in [-0.15, -0.1) is 0 Å². The highest BCUT2D eigenvalue weighted by atomic mass is 79.9. The Kier molecular flexibility index (Phi) is 5.04. The third-order valence-corrected chi connectivity index (χ3v) is 5.14. The average Bonchev–Trinajstić information content (AvgIpc) is 3.34. The summed E-state index contributed by atoms with van der Waals surface area (Å²) in [5.41, 5.74) is 1.57. The number of nitrogens with zero attached hydrogens (tertiary/aromatic N) is 3. The van der Waals surface area contributed by atoms with Gasteiger partial charge in [0.1, 0.15) is 11.5 Å². The second-order valence-corrected chi connectivity index (χ2v) is 7.36. The predicted octanol–water partition coefficient (Wildman–Crippen LogP) is 4.04. The van der Waals surface area contributed by atoms with E-state index in [9.17, 15) is 4.79 Å². The number of halogens is 1. The van der Waals surface area contributed by atoms with Gasteiger partial charge in [0.15, 0.2) is 0 Å². The van der Waals surface area contributed by atoms with Crippen molar-refractivity contribution < 1.29 is 18.8 Å². The molecule has 2 aromatic carbocycles. The number of amides is 1. The summed E-state index contributed by atoms with van der Waals surface area (Å²) in [5.74, 6) is 2.03. The van der Waals surface area contributed by atoms with Gasteiger partial charge in [-0.3, -0.25) is 4.79 Å². The maximum Gasteiger partial charge on any atom is 0.232 e. The van der Waals surface area contributed by atoms with Crippen LogP contribution in [0.3, 0.4) is 0 Å². The number of rotatable bonds is 5. The number of aromatic nitrogens is 2. The smallest absolute Gasteiger partial charge is 0.232 e. The van der Waals surface area contributed by atoms with Crippen molar-refractivity contribution in [3.63, 3.8) is 0 Å². The zero-order valence-electron chi connectivity index (χ0n) is 15.4. The molecule has 4 rings (SSSR count). The van der Waals surface area contributed by atoms with Gasteiger partial charge in [0.05, 0.1) is 25.8 Å². The highest BCUT2D eigenvalue weighted by Gasteiger charge is 2.35. The molecule has 2 heterocycles. The van der Waals surface area contributed by atoms with E-state index >= 15 is 0 Å². The minimum Gasteiger partial charge on any atom is -0.497 e. The SMILES string of the molecule is COc1cc(OC)cc(N2CC(c3nc(-c4cccc(Br)c4)no3)CC2=O)c1. The van der Waals surface area contributed by atoms with Crippen molar-refractivity contribution in [1.29, 1.82) is 0 Å². The minimum absolute atomic E-state index is 0.0116. The molecule has 1 saturated heterocycles. The fourth-order valence-corrected chi connectivity index (χ4v) is 3.62.